The van der Waals surface area contributed by atoms with Crippen molar-refractivity contribution in [1.29, 1.82) is 0 Å². The number of aldehydes is 1. The minimum atomic E-state index is -0.780. The van der Waals surface area contributed by atoms with Crippen LogP contribution in [-0.2, 0) is 9.59 Å². The highest BCUT2D eigenvalue weighted by Crippen LogP contribution is 1.74. The third-order valence-corrected chi connectivity index (χ3v) is 0.532. The second-order valence-electron chi connectivity index (χ2n) is 1.12. The molecular weight excluding hydrogens is 108 g/mol. The molecular formula is C4H6N2O2. The Morgan fingerprint density at radius 3 is 2.00 bits per heavy atom. The summed E-state index contributed by atoms with van der Waals surface area (Å²) in [5, 5.41) is 0. The number of nitrogens with two attached hydrogens (primary N) is 2. The van der Waals surface area contributed by atoms with Gasteiger partial charge in [-0.3, -0.25) is 9.59 Å². The van der Waals surface area contributed by atoms with Crippen LogP contribution in [0.4, 0.5) is 0 Å². The second-order valence-corrected chi connectivity index (χ2v) is 1.12. The molecule has 0 aliphatic rings. The first kappa shape index (κ1) is 6.68. The predicted molar refractivity (Wildman–Crippen MR) is 27.5 cm³/mol. The van der Waals surface area contributed by atoms with Crippen LogP contribution in [-0.4, -0.2) is 12.2 Å². The summed E-state index contributed by atoms with van der Waals surface area (Å²) < 4.78 is 0. The van der Waals surface area contributed by atoms with Crippen molar-refractivity contribution in [2.24, 2.45) is 11.5 Å². The van der Waals surface area contributed by atoms with E-state index in [1.807, 2.05) is 0 Å². The highest BCUT2D eigenvalue weighted by atomic mass is 16.1. The standard InChI is InChI=1S/C4H6N2O2/c5-3(1-2-7)4(6)8/h1-2H,5H2,(H2,6,8). The molecule has 0 saturated heterocycles. The molecule has 0 unspecified atom stereocenters. The van der Waals surface area contributed by atoms with Crippen molar-refractivity contribution in [1.82, 2.24) is 0 Å². The largest absolute Gasteiger partial charge is 0.394 e. The van der Waals surface area contributed by atoms with Crippen LogP contribution in [0.5, 0.6) is 0 Å². The zero-order valence-corrected chi connectivity index (χ0v) is 4.13. The van der Waals surface area contributed by atoms with Crippen molar-refractivity contribution in [2.45, 2.75) is 0 Å². The molecule has 4 heteroatoms. The van der Waals surface area contributed by atoms with Crippen molar-refractivity contribution in [3.8, 4) is 0 Å². The lowest BCUT2D eigenvalue weighted by atomic mass is 10.4. The van der Waals surface area contributed by atoms with E-state index in [4.69, 9.17) is 5.73 Å². The van der Waals surface area contributed by atoms with Gasteiger partial charge in [0.05, 0.1) is 0 Å². The Balaban J connectivity index is 3.99. The normalized spacial score (nSPS) is 10.8. The third-order valence-electron chi connectivity index (χ3n) is 0.532. The van der Waals surface area contributed by atoms with Crippen LogP contribution in [0.25, 0.3) is 0 Å². The molecule has 0 aromatic heterocycles. The SMILES string of the molecule is NC(=O)C(N)=CC=O. The number of rotatable bonds is 2. The number of carbonyl (C=O) groups excluding carboxylic acids is 2. The Hall–Kier alpha value is -1.32. The van der Waals surface area contributed by atoms with Crippen LogP contribution >= 0.6 is 0 Å². The van der Waals surface area contributed by atoms with Gasteiger partial charge in [-0.15, -0.1) is 0 Å². The molecule has 4 nitrogen and oxygen atoms in total. The molecule has 0 bridgehead atoms. The van der Waals surface area contributed by atoms with Gasteiger partial charge < -0.3 is 11.5 Å². The number of hydrogen-bond donors (Lipinski definition) is 2. The Bertz CT molecular complexity index is 139. The quantitative estimate of drug-likeness (QED) is 0.339. The van der Waals surface area contributed by atoms with Gasteiger partial charge in [-0.1, -0.05) is 0 Å². The van der Waals surface area contributed by atoms with Crippen LogP contribution in [0.1, 0.15) is 0 Å². The molecule has 0 heterocycles. The lowest BCUT2D eigenvalue weighted by Gasteiger charge is -1.86. The van der Waals surface area contributed by atoms with E-state index in [-0.39, 0.29) is 5.70 Å². The maximum Gasteiger partial charge on any atom is 0.264 e. The Morgan fingerprint density at radius 2 is 1.88 bits per heavy atom. The highest BCUT2D eigenvalue weighted by molar-refractivity contribution is 5.94. The summed E-state index contributed by atoms with van der Waals surface area (Å²) in [6.45, 7) is 0. The molecule has 0 aromatic carbocycles. The van der Waals surface area contributed by atoms with Gasteiger partial charge >= 0.3 is 0 Å². The number of amides is 1. The summed E-state index contributed by atoms with van der Waals surface area (Å²) in [7, 11) is 0. The molecule has 0 aliphatic heterocycles. The van der Waals surface area contributed by atoms with E-state index in [0.717, 1.165) is 6.08 Å². The molecule has 0 rings (SSSR count). The van der Waals surface area contributed by atoms with Crippen LogP contribution in [0, 0.1) is 0 Å². The zero-order valence-electron chi connectivity index (χ0n) is 4.13. The van der Waals surface area contributed by atoms with Crippen LogP contribution in [0.15, 0.2) is 11.8 Å². The Labute approximate surface area is 46.1 Å². The van der Waals surface area contributed by atoms with E-state index in [0.29, 0.717) is 6.29 Å². The van der Waals surface area contributed by atoms with Gasteiger partial charge in [0.2, 0.25) is 0 Å². The number of allylic oxidation sites excluding steroid dienone is 1. The molecule has 4 N–H and O–H groups in total. The predicted octanol–water partition coefficient (Wildman–Crippen LogP) is -1.49. The van der Waals surface area contributed by atoms with Gasteiger partial charge in [-0.05, 0) is 0 Å². The highest BCUT2D eigenvalue weighted by Gasteiger charge is 1.93. The molecule has 8 heavy (non-hydrogen) atoms. The molecule has 0 saturated carbocycles. The van der Waals surface area contributed by atoms with Crippen molar-refractivity contribution in [2.75, 3.05) is 0 Å². The van der Waals surface area contributed by atoms with E-state index >= 15 is 0 Å². The Morgan fingerprint density at radius 1 is 1.38 bits per heavy atom. The zero-order chi connectivity index (χ0) is 6.57. The maximum atomic E-state index is 9.96. The van der Waals surface area contributed by atoms with E-state index in [1.165, 1.54) is 0 Å². The fourth-order valence-electron chi connectivity index (χ4n) is 0.155. The fourth-order valence-corrected chi connectivity index (χ4v) is 0.155. The van der Waals surface area contributed by atoms with Gasteiger partial charge in [0.15, 0.2) is 0 Å². The summed E-state index contributed by atoms with van der Waals surface area (Å²) in [4.78, 5) is 19.5. The van der Waals surface area contributed by atoms with Gasteiger partial charge in [0, 0.05) is 6.08 Å². The average molecular weight is 114 g/mol. The van der Waals surface area contributed by atoms with Gasteiger partial charge in [-0.2, -0.15) is 0 Å². The summed E-state index contributed by atoms with van der Waals surface area (Å²) in [5.41, 5.74) is 9.29. The minimum Gasteiger partial charge on any atom is -0.394 e. The molecule has 0 aromatic rings. The lowest BCUT2D eigenvalue weighted by molar-refractivity contribution is -0.115. The van der Waals surface area contributed by atoms with Gasteiger partial charge in [0.25, 0.3) is 5.91 Å². The van der Waals surface area contributed by atoms with E-state index in [2.05, 4.69) is 5.73 Å². The maximum absolute atomic E-state index is 9.96. The van der Waals surface area contributed by atoms with Crippen molar-refractivity contribution < 1.29 is 9.59 Å². The first-order valence-corrected chi connectivity index (χ1v) is 1.89. The smallest absolute Gasteiger partial charge is 0.264 e. The second kappa shape index (κ2) is 2.79. The van der Waals surface area contributed by atoms with Crippen LogP contribution in [0.3, 0.4) is 0 Å². The van der Waals surface area contributed by atoms with E-state index in [1.54, 1.807) is 0 Å². The third kappa shape index (κ3) is 1.96. The molecule has 0 spiro atoms. The van der Waals surface area contributed by atoms with E-state index < -0.39 is 5.91 Å². The first-order valence-electron chi connectivity index (χ1n) is 1.89. The first-order chi connectivity index (χ1) is 3.68. The van der Waals surface area contributed by atoms with E-state index in [9.17, 15) is 9.59 Å². The molecule has 0 radical (unpaired) electrons. The number of hydrogen-bond acceptors (Lipinski definition) is 3. The summed E-state index contributed by atoms with van der Waals surface area (Å²) >= 11 is 0. The molecule has 0 atom stereocenters. The van der Waals surface area contributed by atoms with Crippen LogP contribution in [0.2, 0.25) is 0 Å². The summed E-state index contributed by atoms with van der Waals surface area (Å²) in [6, 6.07) is 0. The number of primary amides is 1. The average Bonchev–Trinajstić information content (AvgIpc) is 1.67. The Kier molecular flexibility index (Phi) is 2.33. The molecule has 44 valence electrons. The molecule has 0 fully saturated rings. The van der Waals surface area contributed by atoms with Crippen molar-refractivity contribution in [3.05, 3.63) is 11.8 Å². The van der Waals surface area contributed by atoms with Gasteiger partial charge in [-0.25, -0.2) is 0 Å². The molecule has 1 amide bonds. The van der Waals surface area contributed by atoms with Gasteiger partial charge in [0.1, 0.15) is 12.0 Å². The fraction of sp³-hybridized carbons (Fsp3) is 0. The number of carbonyl (C=O) groups is 2. The van der Waals surface area contributed by atoms with Crippen molar-refractivity contribution >= 4 is 12.2 Å². The van der Waals surface area contributed by atoms with Crippen molar-refractivity contribution in [3.63, 3.8) is 0 Å². The van der Waals surface area contributed by atoms with Crippen LogP contribution < -0.4 is 11.5 Å². The molecule has 0 aliphatic carbocycles. The summed E-state index contributed by atoms with van der Waals surface area (Å²) in [5.74, 6) is -0.780. The topological polar surface area (TPSA) is 86.2 Å². The lowest BCUT2D eigenvalue weighted by Crippen LogP contribution is -2.19. The summed E-state index contributed by atoms with van der Waals surface area (Å²) in [6.07, 6.45) is 1.31. The minimum absolute atomic E-state index is 0.222. The monoisotopic (exact) mass is 114 g/mol.